The van der Waals surface area contributed by atoms with Crippen molar-refractivity contribution < 1.29 is 39.2 Å². The predicted octanol–water partition coefficient (Wildman–Crippen LogP) is -0.0124. The van der Waals surface area contributed by atoms with E-state index < -0.39 is 18.0 Å². The van der Waals surface area contributed by atoms with Crippen LogP contribution >= 0.6 is 0 Å². The lowest BCUT2D eigenvalue weighted by atomic mass is 10.1. The number of ether oxygens (including phenoxy) is 2. The van der Waals surface area contributed by atoms with E-state index in [9.17, 15) is 29.7 Å². The quantitative estimate of drug-likeness (QED) is 0.213. The normalized spacial score (nSPS) is 11.5. The molecule has 0 aliphatic rings. The van der Waals surface area contributed by atoms with Crippen LogP contribution in [0.15, 0.2) is 30.4 Å². The van der Waals surface area contributed by atoms with Crippen LogP contribution in [0, 0.1) is 0 Å². The maximum Gasteiger partial charge on any atom is 0.159 e. The molecule has 0 aliphatic carbocycles. The first-order chi connectivity index (χ1) is 15.2. The number of carbonyl (C=O) groups is 3. The van der Waals surface area contributed by atoms with Crippen LogP contribution in [-0.4, -0.2) is 55.2 Å². The first-order valence-electron chi connectivity index (χ1n) is 10.5. The van der Waals surface area contributed by atoms with Crippen LogP contribution in [0.2, 0.25) is 0 Å². The highest BCUT2D eigenvalue weighted by molar-refractivity contribution is 5.94. The predicted molar refractivity (Wildman–Crippen MR) is 115 cm³/mol. The Morgan fingerprint density at radius 3 is 2.31 bits per heavy atom. The van der Waals surface area contributed by atoms with Gasteiger partial charge in [-0.2, -0.15) is 0 Å². The SMILES string of the molecule is CCCCNCC(O)COc1ccc(C(C)=O)cc1COCCC.O=C([O-])C=CC(=O)[O-]. The number of ketones is 1. The second-order valence-electron chi connectivity index (χ2n) is 6.93. The third-order valence-electron chi connectivity index (χ3n) is 3.95. The molecule has 1 unspecified atom stereocenters. The van der Waals surface area contributed by atoms with Crippen molar-refractivity contribution in [1.82, 2.24) is 5.32 Å². The van der Waals surface area contributed by atoms with Gasteiger partial charge in [0.15, 0.2) is 5.78 Å². The summed E-state index contributed by atoms with van der Waals surface area (Å²) in [6, 6.07) is 5.32. The Balaban J connectivity index is 0.00000102. The Labute approximate surface area is 189 Å². The fraction of sp³-hybridized carbons (Fsp3) is 0.522. The maximum atomic E-state index is 11.5. The minimum atomic E-state index is -1.55. The van der Waals surface area contributed by atoms with Crippen molar-refractivity contribution in [3.63, 3.8) is 0 Å². The Morgan fingerprint density at radius 1 is 1.12 bits per heavy atom. The van der Waals surface area contributed by atoms with E-state index in [2.05, 4.69) is 12.2 Å². The Kier molecular flexibility index (Phi) is 16.3. The molecule has 0 aliphatic heterocycles. The molecule has 180 valence electrons. The van der Waals surface area contributed by atoms with Gasteiger partial charge in [-0.3, -0.25) is 4.79 Å². The molecule has 1 aromatic rings. The highest BCUT2D eigenvalue weighted by atomic mass is 16.5. The summed E-state index contributed by atoms with van der Waals surface area (Å²) in [5.41, 5.74) is 1.47. The van der Waals surface area contributed by atoms with E-state index in [-0.39, 0.29) is 12.4 Å². The molecule has 9 heteroatoms. The third kappa shape index (κ3) is 15.1. The third-order valence-corrected chi connectivity index (χ3v) is 3.95. The number of aliphatic hydroxyl groups is 1. The maximum absolute atomic E-state index is 11.5. The van der Waals surface area contributed by atoms with E-state index in [0.29, 0.717) is 43.2 Å². The van der Waals surface area contributed by atoms with Crippen LogP contribution in [0.25, 0.3) is 0 Å². The number of hydrogen-bond donors (Lipinski definition) is 2. The molecule has 0 spiro atoms. The van der Waals surface area contributed by atoms with Crippen LogP contribution in [0.3, 0.4) is 0 Å². The van der Waals surface area contributed by atoms with Crippen molar-refractivity contribution in [3.05, 3.63) is 41.5 Å². The first kappa shape index (κ1) is 29.2. The summed E-state index contributed by atoms with van der Waals surface area (Å²) in [4.78, 5) is 30.4. The van der Waals surface area contributed by atoms with Crippen LogP contribution in [0.4, 0.5) is 0 Å². The summed E-state index contributed by atoms with van der Waals surface area (Å²) < 4.78 is 11.3. The largest absolute Gasteiger partial charge is 0.545 e. The summed E-state index contributed by atoms with van der Waals surface area (Å²) in [5.74, 6) is -2.43. The number of unbranched alkanes of at least 4 members (excludes halogenated alkanes) is 1. The molecule has 0 heterocycles. The molecule has 0 radical (unpaired) electrons. The van der Waals surface area contributed by atoms with Gasteiger partial charge in [0, 0.05) is 24.3 Å². The molecule has 0 saturated carbocycles. The van der Waals surface area contributed by atoms with Crippen LogP contribution in [0.5, 0.6) is 5.75 Å². The number of carbonyl (C=O) groups excluding carboxylic acids is 3. The summed E-state index contributed by atoms with van der Waals surface area (Å²) in [7, 11) is 0. The van der Waals surface area contributed by atoms with Crippen molar-refractivity contribution in [2.24, 2.45) is 0 Å². The number of benzene rings is 1. The minimum absolute atomic E-state index is 0.0125. The summed E-state index contributed by atoms with van der Waals surface area (Å²) in [6.07, 6.45) is 3.36. The molecule has 0 fully saturated rings. The molecule has 32 heavy (non-hydrogen) atoms. The molecule has 1 rings (SSSR count). The molecule has 9 nitrogen and oxygen atoms in total. The number of hydrogen-bond acceptors (Lipinski definition) is 9. The molecule has 0 saturated heterocycles. The second kappa shape index (κ2) is 17.9. The summed E-state index contributed by atoms with van der Waals surface area (Å²) in [6.45, 7) is 8.39. The average Bonchev–Trinajstić information content (AvgIpc) is 2.75. The Bertz CT molecular complexity index is 717. The highest BCUT2D eigenvalue weighted by Crippen LogP contribution is 2.22. The highest BCUT2D eigenvalue weighted by Gasteiger charge is 2.11. The molecule has 0 bridgehead atoms. The van der Waals surface area contributed by atoms with Gasteiger partial charge in [0.2, 0.25) is 0 Å². The number of carboxylic acids is 2. The van der Waals surface area contributed by atoms with E-state index in [1.807, 2.05) is 6.92 Å². The van der Waals surface area contributed by atoms with Gasteiger partial charge in [-0.15, -0.1) is 0 Å². The molecular weight excluding hydrogens is 418 g/mol. The van der Waals surface area contributed by atoms with Gasteiger partial charge in [-0.25, -0.2) is 0 Å². The number of rotatable bonds is 15. The molecular formula is C23H33NO8-2. The van der Waals surface area contributed by atoms with E-state index in [4.69, 9.17) is 9.47 Å². The minimum Gasteiger partial charge on any atom is -0.545 e. The first-order valence-corrected chi connectivity index (χ1v) is 10.5. The number of aliphatic carboxylic acids is 2. The Morgan fingerprint density at radius 2 is 1.78 bits per heavy atom. The average molecular weight is 452 g/mol. The fourth-order valence-corrected chi connectivity index (χ4v) is 2.33. The lowest BCUT2D eigenvalue weighted by Crippen LogP contribution is -2.32. The van der Waals surface area contributed by atoms with E-state index >= 15 is 0 Å². The fourth-order valence-electron chi connectivity index (χ4n) is 2.33. The van der Waals surface area contributed by atoms with Crippen LogP contribution in [0.1, 0.15) is 56.0 Å². The van der Waals surface area contributed by atoms with E-state index in [1.165, 1.54) is 6.92 Å². The van der Waals surface area contributed by atoms with Crippen molar-refractivity contribution in [1.29, 1.82) is 0 Å². The van der Waals surface area contributed by atoms with Gasteiger partial charge < -0.3 is 39.7 Å². The topological polar surface area (TPSA) is 148 Å². The molecule has 2 N–H and O–H groups in total. The Hall–Kier alpha value is -2.75. The zero-order chi connectivity index (χ0) is 24.4. The van der Waals surface area contributed by atoms with E-state index in [1.54, 1.807) is 18.2 Å². The zero-order valence-electron chi connectivity index (χ0n) is 18.9. The molecule has 0 aromatic heterocycles. The molecule has 1 atom stereocenters. The summed E-state index contributed by atoms with van der Waals surface area (Å²) >= 11 is 0. The molecule has 0 amide bonds. The van der Waals surface area contributed by atoms with Gasteiger partial charge in [0.25, 0.3) is 0 Å². The standard InChI is InChI=1S/C19H31NO4.C4H4O4/c1-4-6-9-20-12-18(22)14-24-19-8-7-16(15(3)21)11-17(19)13-23-10-5-2;5-3(6)1-2-4(7)8/h7-8,11,18,20,22H,4-6,9-10,12-14H2,1-3H3;1-2H,(H,5,6)(H,7,8)/p-2. The van der Waals surface area contributed by atoms with Gasteiger partial charge in [-0.05, 0) is 56.7 Å². The van der Waals surface area contributed by atoms with Gasteiger partial charge in [0.05, 0.1) is 18.5 Å². The molecule has 1 aromatic carbocycles. The lowest BCUT2D eigenvalue weighted by molar-refractivity contribution is -0.301. The van der Waals surface area contributed by atoms with Gasteiger partial charge in [0.1, 0.15) is 18.5 Å². The number of Topliss-reactive ketones (excluding diaryl/α,β-unsaturated/α-hetero) is 1. The van der Waals surface area contributed by atoms with E-state index in [0.717, 1.165) is 31.4 Å². The van der Waals surface area contributed by atoms with Crippen LogP contribution < -0.4 is 20.3 Å². The van der Waals surface area contributed by atoms with Crippen molar-refractivity contribution >= 4 is 17.7 Å². The van der Waals surface area contributed by atoms with Crippen molar-refractivity contribution in [3.8, 4) is 5.75 Å². The second-order valence-corrected chi connectivity index (χ2v) is 6.93. The van der Waals surface area contributed by atoms with Crippen molar-refractivity contribution in [2.75, 3.05) is 26.3 Å². The van der Waals surface area contributed by atoms with Crippen LogP contribution in [-0.2, 0) is 20.9 Å². The monoisotopic (exact) mass is 451 g/mol. The van der Waals surface area contributed by atoms with Crippen molar-refractivity contribution in [2.45, 2.75) is 52.7 Å². The summed E-state index contributed by atoms with van der Waals surface area (Å²) in [5, 5.41) is 32.0. The number of aliphatic hydroxyl groups excluding tert-OH is 1. The van der Waals surface area contributed by atoms with Gasteiger partial charge >= 0.3 is 0 Å². The lowest BCUT2D eigenvalue weighted by Gasteiger charge is -2.16. The number of carboxylic acid groups (broad SMARTS) is 2. The smallest absolute Gasteiger partial charge is 0.159 e. The zero-order valence-corrected chi connectivity index (χ0v) is 18.9. The van der Waals surface area contributed by atoms with Gasteiger partial charge in [-0.1, -0.05) is 20.3 Å². The number of nitrogens with one attached hydrogen (secondary N) is 1.